The van der Waals surface area contributed by atoms with Crippen LogP contribution in [0.4, 0.5) is 17.1 Å². The number of sulfonamides is 1. The number of fused-ring (bicyclic) bond motifs is 1. The molecule has 0 saturated carbocycles. The molecule has 0 bridgehead atoms. The minimum Gasteiger partial charge on any atom is -0.497 e. The van der Waals surface area contributed by atoms with Crippen molar-refractivity contribution in [1.29, 1.82) is 0 Å². The van der Waals surface area contributed by atoms with Crippen LogP contribution in [0.5, 0.6) is 5.75 Å². The number of benzene rings is 3. The number of non-ortho nitro benzene ring substituents is 1. The van der Waals surface area contributed by atoms with Crippen LogP contribution in [0.2, 0.25) is 0 Å². The topological polar surface area (TPSA) is 139 Å². The van der Waals surface area contributed by atoms with Gasteiger partial charge in [0.15, 0.2) is 0 Å². The predicted molar refractivity (Wildman–Crippen MR) is 136 cm³/mol. The van der Waals surface area contributed by atoms with Gasteiger partial charge in [-0.15, -0.1) is 0 Å². The quantitative estimate of drug-likeness (QED) is 0.172. The van der Waals surface area contributed by atoms with Gasteiger partial charge in [0.05, 0.1) is 23.9 Å². The third-order valence-corrected chi connectivity index (χ3v) is 6.83. The number of methoxy groups -OCH3 is 1. The Morgan fingerprint density at radius 2 is 1.91 bits per heavy atom. The summed E-state index contributed by atoms with van der Waals surface area (Å²) in [7, 11) is -2.69. The zero-order valence-corrected chi connectivity index (χ0v) is 19.8. The molecule has 0 amide bonds. The maximum Gasteiger partial charge on any atom is 0.270 e. The molecule has 3 aromatic carbocycles. The number of anilines is 2. The average Bonchev–Trinajstić information content (AvgIpc) is 3.27. The highest BCUT2D eigenvalue weighted by atomic mass is 32.2. The van der Waals surface area contributed by atoms with Gasteiger partial charge in [-0.3, -0.25) is 20.3 Å². The number of hydrogen-bond acceptors (Lipinski definition) is 7. The summed E-state index contributed by atoms with van der Waals surface area (Å²) in [5.41, 5.74) is 5.71. The fourth-order valence-corrected chi connectivity index (χ4v) is 4.86. The summed E-state index contributed by atoms with van der Waals surface area (Å²) in [5.74, 6) is 0.559. The van der Waals surface area contributed by atoms with Gasteiger partial charge in [-0.2, -0.15) is 5.10 Å². The van der Waals surface area contributed by atoms with Crippen LogP contribution in [0.3, 0.4) is 0 Å². The second-order valence-corrected chi connectivity index (χ2v) is 9.23. The fraction of sp³-hybridized carbons (Fsp3) is 0.125. The lowest BCUT2D eigenvalue weighted by atomic mass is 10.1. The van der Waals surface area contributed by atoms with Crippen molar-refractivity contribution in [2.24, 2.45) is 5.10 Å². The van der Waals surface area contributed by atoms with Crippen molar-refractivity contribution in [3.05, 3.63) is 88.1 Å². The first-order valence-electron chi connectivity index (χ1n) is 10.7. The highest BCUT2D eigenvalue weighted by molar-refractivity contribution is 7.92. The van der Waals surface area contributed by atoms with E-state index in [0.29, 0.717) is 5.75 Å². The number of ether oxygens (including phenoxy) is 1. The zero-order chi connectivity index (χ0) is 25.0. The zero-order valence-electron chi connectivity index (χ0n) is 19.0. The van der Waals surface area contributed by atoms with E-state index in [1.54, 1.807) is 18.3 Å². The second-order valence-electron chi connectivity index (χ2n) is 7.58. The Hall–Kier alpha value is -4.38. The van der Waals surface area contributed by atoms with Crippen LogP contribution in [-0.2, 0) is 16.4 Å². The summed E-state index contributed by atoms with van der Waals surface area (Å²) in [6.07, 6.45) is 4.25. The molecule has 180 valence electrons. The van der Waals surface area contributed by atoms with E-state index in [1.165, 1.54) is 36.9 Å². The first kappa shape index (κ1) is 23.8. The normalized spacial score (nSPS) is 11.6. The summed E-state index contributed by atoms with van der Waals surface area (Å²) >= 11 is 0. The number of nitrogens with zero attached hydrogens (tertiary/aromatic N) is 2. The van der Waals surface area contributed by atoms with Gasteiger partial charge in [-0.05, 0) is 42.3 Å². The number of hydrogen-bond donors (Lipinski definition) is 3. The Bertz CT molecular complexity index is 1510. The SMILES string of the molecule is CCc1cccc2c(C=NNc3ccc([N+](=O)[O-])cc3S(=O)(=O)Nc3ccc(OC)cc3)c[nH]c12. The molecule has 0 aliphatic carbocycles. The maximum absolute atomic E-state index is 13.1. The van der Waals surface area contributed by atoms with Gasteiger partial charge in [0, 0.05) is 40.5 Å². The molecule has 4 aromatic rings. The number of aryl methyl sites for hydroxylation is 1. The number of aromatic amines is 1. The average molecular weight is 494 g/mol. The predicted octanol–water partition coefficient (Wildman–Crippen LogP) is 4.89. The van der Waals surface area contributed by atoms with Crippen LogP contribution in [0.25, 0.3) is 10.9 Å². The largest absolute Gasteiger partial charge is 0.497 e. The fourth-order valence-electron chi connectivity index (χ4n) is 3.62. The Balaban J connectivity index is 1.64. The van der Waals surface area contributed by atoms with Gasteiger partial charge >= 0.3 is 0 Å². The van der Waals surface area contributed by atoms with Crippen LogP contribution < -0.4 is 14.9 Å². The Labute approximate surface area is 201 Å². The molecule has 0 unspecified atom stereocenters. The van der Waals surface area contributed by atoms with Gasteiger partial charge in [0.2, 0.25) is 0 Å². The summed E-state index contributed by atoms with van der Waals surface area (Å²) in [5, 5.41) is 16.5. The third kappa shape index (κ3) is 5.09. The number of nitro groups is 1. The van der Waals surface area contributed by atoms with E-state index < -0.39 is 14.9 Å². The molecule has 1 heterocycles. The van der Waals surface area contributed by atoms with E-state index in [4.69, 9.17) is 4.74 Å². The lowest BCUT2D eigenvalue weighted by Gasteiger charge is -2.12. The van der Waals surface area contributed by atoms with Gasteiger partial charge in [0.25, 0.3) is 15.7 Å². The van der Waals surface area contributed by atoms with Gasteiger partial charge in [-0.1, -0.05) is 25.1 Å². The smallest absolute Gasteiger partial charge is 0.270 e. The number of H-pyrrole nitrogens is 1. The number of aromatic nitrogens is 1. The molecule has 4 rings (SSSR count). The Kier molecular flexibility index (Phi) is 6.69. The molecular weight excluding hydrogens is 470 g/mol. The standard InChI is InChI=1S/C24H23N5O5S/c1-3-16-5-4-6-21-17(14-25-24(16)21)15-26-27-22-12-9-19(29(30)31)13-23(22)35(32,33)28-18-7-10-20(34-2)11-8-18/h4-15,25,27-28H,3H2,1-2H3. The second kappa shape index (κ2) is 9.85. The van der Waals surface area contributed by atoms with E-state index in [-0.39, 0.29) is 22.0 Å². The van der Waals surface area contributed by atoms with Gasteiger partial charge in [-0.25, -0.2) is 8.42 Å². The molecule has 0 saturated heterocycles. The van der Waals surface area contributed by atoms with E-state index in [0.717, 1.165) is 29.0 Å². The monoisotopic (exact) mass is 493 g/mol. The van der Waals surface area contributed by atoms with Crippen LogP contribution in [-0.4, -0.2) is 31.6 Å². The highest BCUT2D eigenvalue weighted by Crippen LogP contribution is 2.29. The van der Waals surface area contributed by atoms with Crippen LogP contribution in [0, 0.1) is 10.1 Å². The van der Waals surface area contributed by atoms with Crippen molar-refractivity contribution in [2.45, 2.75) is 18.2 Å². The summed E-state index contributed by atoms with van der Waals surface area (Å²) < 4.78 is 33.8. The number of rotatable bonds is 9. The van der Waals surface area contributed by atoms with Crippen LogP contribution in [0.15, 0.2) is 76.9 Å². The molecule has 1 aromatic heterocycles. The van der Waals surface area contributed by atoms with Gasteiger partial charge < -0.3 is 9.72 Å². The van der Waals surface area contributed by atoms with Crippen molar-refractivity contribution < 1.29 is 18.1 Å². The van der Waals surface area contributed by atoms with Crippen molar-refractivity contribution in [3.63, 3.8) is 0 Å². The number of nitrogens with one attached hydrogen (secondary N) is 3. The molecule has 0 aliphatic rings. The van der Waals surface area contributed by atoms with Gasteiger partial charge in [0.1, 0.15) is 10.6 Å². The number of nitro benzene ring substituents is 1. The minimum atomic E-state index is -4.19. The molecule has 0 aliphatic heterocycles. The number of para-hydroxylation sites is 1. The molecule has 0 fully saturated rings. The Morgan fingerprint density at radius 3 is 2.60 bits per heavy atom. The van der Waals surface area contributed by atoms with Crippen LogP contribution >= 0.6 is 0 Å². The van der Waals surface area contributed by atoms with Crippen molar-refractivity contribution >= 4 is 44.2 Å². The lowest BCUT2D eigenvalue weighted by Crippen LogP contribution is -2.15. The summed E-state index contributed by atoms with van der Waals surface area (Å²) in [6, 6.07) is 15.7. The number of hydrazone groups is 1. The molecular formula is C24H23N5O5S. The maximum atomic E-state index is 13.1. The highest BCUT2D eigenvalue weighted by Gasteiger charge is 2.23. The van der Waals surface area contributed by atoms with E-state index in [9.17, 15) is 18.5 Å². The van der Waals surface area contributed by atoms with Crippen LogP contribution in [0.1, 0.15) is 18.1 Å². The van der Waals surface area contributed by atoms with E-state index in [2.05, 4.69) is 27.2 Å². The third-order valence-electron chi connectivity index (χ3n) is 5.41. The first-order valence-corrected chi connectivity index (χ1v) is 12.1. The molecule has 10 nitrogen and oxygen atoms in total. The molecule has 0 atom stereocenters. The molecule has 35 heavy (non-hydrogen) atoms. The molecule has 11 heteroatoms. The lowest BCUT2D eigenvalue weighted by molar-refractivity contribution is -0.385. The molecule has 0 spiro atoms. The molecule has 0 radical (unpaired) electrons. The minimum absolute atomic E-state index is 0.0851. The molecule has 3 N–H and O–H groups in total. The first-order chi connectivity index (χ1) is 16.8. The van der Waals surface area contributed by atoms with Crippen molar-refractivity contribution in [2.75, 3.05) is 17.3 Å². The van der Waals surface area contributed by atoms with E-state index >= 15 is 0 Å². The summed E-state index contributed by atoms with van der Waals surface area (Å²) in [4.78, 5) is 13.6. The summed E-state index contributed by atoms with van der Waals surface area (Å²) in [6.45, 7) is 2.07. The van der Waals surface area contributed by atoms with E-state index in [1.807, 2.05) is 24.4 Å². The van der Waals surface area contributed by atoms with Crippen molar-refractivity contribution in [3.8, 4) is 5.75 Å². The Morgan fingerprint density at radius 1 is 1.14 bits per heavy atom. The van der Waals surface area contributed by atoms with Crippen molar-refractivity contribution in [1.82, 2.24) is 4.98 Å².